The van der Waals surface area contributed by atoms with E-state index in [1.165, 1.54) is 0 Å². The van der Waals surface area contributed by atoms with E-state index in [0.29, 0.717) is 0 Å². The lowest BCUT2D eigenvalue weighted by molar-refractivity contribution is 0.205. The number of nitrogens with zero attached hydrogens (tertiary/aromatic N) is 1. The van der Waals surface area contributed by atoms with Gasteiger partial charge in [-0.05, 0) is 19.8 Å². The zero-order valence-corrected chi connectivity index (χ0v) is 8.36. The van der Waals surface area contributed by atoms with Crippen LogP contribution in [0.5, 0.6) is 0 Å². The Morgan fingerprint density at radius 3 is 2.38 bits per heavy atom. The molecule has 0 radical (unpaired) electrons. The highest BCUT2D eigenvalue weighted by Gasteiger charge is 2.15. The highest BCUT2D eigenvalue weighted by atomic mass is 16.4. The van der Waals surface area contributed by atoms with Crippen molar-refractivity contribution >= 4 is 5.84 Å². The minimum atomic E-state index is -0.186. The molecule has 5 nitrogen and oxygen atoms in total. The zero-order valence-electron chi connectivity index (χ0n) is 8.36. The molecular formula is C8H19N3O2. The fourth-order valence-corrected chi connectivity index (χ4v) is 0.889. The van der Waals surface area contributed by atoms with E-state index in [1.807, 2.05) is 13.8 Å². The molecule has 0 aromatic heterocycles. The van der Waals surface area contributed by atoms with E-state index < -0.39 is 0 Å². The van der Waals surface area contributed by atoms with E-state index in [1.54, 1.807) is 6.92 Å². The predicted molar refractivity (Wildman–Crippen MR) is 51.7 cm³/mol. The van der Waals surface area contributed by atoms with Crippen LogP contribution in [0.25, 0.3) is 0 Å². The zero-order chi connectivity index (χ0) is 10.4. The second-order valence-electron chi connectivity index (χ2n) is 3.36. The van der Waals surface area contributed by atoms with Crippen molar-refractivity contribution in [3.05, 3.63) is 0 Å². The minimum absolute atomic E-state index is 0.122. The Balaban J connectivity index is 3.98. The SMILES string of the molecule is CC(NC(C)C(C)CO)C(N)=NO. The maximum atomic E-state index is 8.86. The fraction of sp³-hybridized carbons (Fsp3) is 0.875. The van der Waals surface area contributed by atoms with Gasteiger partial charge in [-0.3, -0.25) is 0 Å². The molecule has 0 heterocycles. The van der Waals surface area contributed by atoms with Gasteiger partial charge in [0, 0.05) is 12.6 Å². The predicted octanol–water partition coefficient (Wildman–Crippen LogP) is -0.272. The summed E-state index contributed by atoms with van der Waals surface area (Å²) in [5.41, 5.74) is 5.38. The topological polar surface area (TPSA) is 90.9 Å². The third-order valence-electron chi connectivity index (χ3n) is 2.21. The van der Waals surface area contributed by atoms with Gasteiger partial charge >= 0.3 is 0 Å². The van der Waals surface area contributed by atoms with Crippen molar-refractivity contribution in [1.29, 1.82) is 0 Å². The summed E-state index contributed by atoms with van der Waals surface area (Å²) in [6.07, 6.45) is 0. The molecule has 0 aliphatic carbocycles. The maximum absolute atomic E-state index is 8.86. The van der Waals surface area contributed by atoms with Crippen molar-refractivity contribution in [1.82, 2.24) is 5.32 Å². The van der Waals surface area contributed by atoms with Gasteiger partial charge < -0.3 is 21.4 Å². The summed E-state index contributed by atoms with van der Waals surface area (Å²) in [7, 11) is 0. The number of hydrogen-bond donors (Lipinski definition) is 4. The summed E-state index contributed by atoms with van der Waals surface area (Å²) in [4.78, 5) is 0. The number of nitrogens with one attached hydrogen (secondary N) is 1. The summed E-state index contributed by atoms with van der Waals surface area (Å²) in [5.74, 6) is 0.297. The molecule has 0 aromatic rings. The number of rotatable bonds is 5. The molecule has 3 unspecified atom stereocenters. The summed E-state index contributed by atoms with van der Waals surface area (Å²) in [6.45, 7) is 5.80. The Hall–Kier alpha value is -0.810. The first kappa shape index (κ1) is 12.2. The van der Waals surface area contributed by atoms with Gasteiger partial charge in [0.2, 0.25) is 0 Å². The van der Waals surface area contributed by atoms with E-state index in [-0.39, 0.29) is 30.4 Å². The van der Waals surface area contributed by atoms with Crippen molar-refractivity contribution in [2.45, 2.75) is 32.9 Å². The van der Waals surface area contributed by atoms with E-state index in [9.17, 15) is 0 Å². The normalized spacial score (nSPS) is 19.5. The largest absolute Gasteiger partial charge is 0.409 e. The number of aliphatic hydroxyl groups is 1. The molecule has 0 rings (SSSR count). The number of oxime groups is 1. The van der Waals surface area contributed by atoms with Crippen LogP contribution in [-0.2, 0) is 0 Å². The lowest BCUT2D eigenvalue weighted by Crippen LogP contribution is -2.46. The second-order valence-corrected chi connectivity index (χ2v) is 3.36. The van der Waals surface area contributed by atoms with Crippen LogP contribution < -0.4 is 11.1 Å². The van der Waals surface area contributed by atoms with E-state index in [0.717, 1.165) is 0 Å². The molecule has 0 aromatic carbocycles. The van der Waals surface area contributed by atoms with Gasteiger partial charge in [0.15, 0.2) is 5.84 Å². The third kappa shape index (κ3) is 4.10. The van der Waals surface area contributed by atoms with Crippen LogP contribution in [0.4, 0.5) is 0 Å². The van der Waals surface area contributed by atoms with Gasteiger partial charge in [-0.15, -0.1) is 0 Å². The van der Waals surface area contributed by atoms with Crippen LogP contribution >= 0.6 is 0 Å². The first-order valence-corrected chi connectivity index (χ1v) is 4.37. The standard InChI is InChI=1S/C8H19N3O2/c1-5(4-12)6(2)10-7(3)8(9)11-13/h5-7,10,12-13H,4H2,1-3H3,(H2,9,11). The van der Waals surface area contributed by atoms with Crippen molar-refractivity contribution in [3.63, 3.8) is 0 Å². The molecule has 0 saturated carbocycles. The lowest BCUT2D eigenvalue weighted by atomic mass is 10.0. The lowest BCUT2D eigenvalue weighted by Gasteiger charge is -2.23. The minimum Gasteiger partial charge on any atom is -0.409 e. The van der Waals surface area contributed by atoms with Gasteiger partial charge in [0.25, 0.3) is 0 Å². The number of aliphatic hydroxyl groups excluding tert-OH is 1. The Labute approximate surface area is 78.6 Å². The van der Waals surface area contributed by atoms with Gasteiger partial charge in [-0.1, -0.05) is 12.1 Å². The Kier molecular flexibility index (Phi) is 5.41. The first-order chi connectivity index (χ1) is 6.02. The van der Waals surface area contributed by atoms with Crippen molar-refractivity contribution in [3.8, 4) is 0 Å². The van der Waals surface area contributed by atoms with Crippen molar-refractivity contribution in [2.24, 2.45) is 16.8 Å². The monoisotopic (exact) mass is 189 g/mol. The van der Waals surface area contributed by atoms with E-state index in [2.05, 4.69) is 10.5 Å². The third-order valence-corrected chi connectivity index (χ3v) is 2.21. The molecule has 0 fully saturated rings. The van der Waals surface area contributed by atoms with Gasteiger partial charge in [0.1, 0.15) is 0 Å². The van der Waals surface area contributed by atoms with Crippen LogP contribution in [0.15, 0.2) is 5.16 Å². The highest BCUT2D eigenvalue weighted by Crippen LogP contribution is 2.01. The average molecular weight is 189 g/mol. The molecule has 5 N–H and O–H groups in total. The maximum Gasteiger partial charge on any atom is 0.156 e. The Morgan fingerprint density at radius 1 is 1.46 bits per heavy atom. The highest BCUT2D eigenvalue weighted by molar-refractivity contribution is 5.84. The second kappa shape index (κ2) is 5.77. The molecule has 0 amide bonds. The van der Waals surface area contributed by atoms with Crippen LogP contribution in [0, 0.1) is 5.92 Å². The van der Waals surface area contributed by atoms with Gasteiger partial charge in [0.05, 0.1) is 6.04 Å². The number of nitrogens with two attached hydrogens (primary N) is 1. The van der Waals surface area contributed by atoms with Gasteiger partial charge in [-0.25, -0.2) is 0 Å². The molecule has 3 atom stereocenters. The van der Waals surface area contributed by atoms with Crippen LogP contribution in [0.2, 0.25) is 0 Å². The molecule has 0 bridgehead atoms. The Morgan fingerprint density at radius 2 is 2.00 bits per heavy atom. The molecule has 0 spiro atoms. The quantitative estimate of drug-likeness (QED) is 0.207. The number of hydrogen-bond acceptors (Lipinski definition) is 4. The number of amidine groups is 1. The van der Waals surface area contributed by atoms with Crippen LogP contribution in [0.3, 0.4) is 0 Å². The fourth-order valence-electron chi connectivity index (χ4n) is 0.889. The summed E-state index contributed by atoms with van der Waals surface area (Å²) in [5, 5.41) is 23.3. The van der Waals surface area contributed by atoms with Crippen LogP contribution in [-0.4, -0.2) is 34.8 Å². The molecule has 0 saturated heterocycles. The molecule has 13 heavy (non-hydrogen) atoms. The summed E-state index contributed by atoms with van der Waals surface area (Å²) < 4.78 is 0. The molecule has 78 valence electrons. The van der Waals surface area contributed by atoms with Crippen LogP contribution in [0.1, 0.15) is 20.8 Å². The molecule has 0 aliphatic heterocycles. The smallest absolute Gasteiger partial charge is 0.156 e. The molecular weight excluding hydrogens is 170 g/mol. The molecule has 0 aliphatic rings. The Bertz CT molecular complexity index is 173. The van der Waals surface area contributed by atoms with Crippen molar-refractivity contribution < 1.29 is 10.3 Å². The van der Waals surface area contributed by atoms with E-state index >= 15 is 0 Å². The molecule has 5 heteroatoms. The van der Waals surface area contributed by atoms with Crippen molar-refractivity contribution in [2.75, 3.05) is 6.61 Å². The van der Waals surface area contributed by atoms with Gasteiger partial charge in [-0.2, -0.15) is 0 Å². The summed E-state index contributed by atoms with van der Waals surface area (Å²) >= 11 is 0. The summed E-state index contributed by atoms with van der Waals surface area (Å²) in [6, 6.07) is -0.0608. The van der Waals surface area contributed by atoms with E-state index in [4.69, 9.17) is 16.0 Å². The first-order valence-electron chi connectivity index (χ1n) is 4.37. The average Bonchev–Trinajstić information content (AvgIpc) is 2.14.